The fourth-order valence-electron chi connectivity index (χ4n) is 6.03. The number of carbonyl (C=O) groups excluding carboxylic acids is 2. The molecule has 246 valence electrons. The molecule has 0 heterocycles. The number of anilines is 1. The molecule has 7 nitrogen and oxygen atoms in total. The molecule has 0 aromatic heterocycles. The minimum Gasteiger partial charge on any atom is -0.352 e. The van der Waals surface area contributed by atoms with Gasteiger partial charge in [-0.3, -0.25) is 13.9 Å². The van der Waals surface area contributed by atoms with E-state index in [1.807, 2.05) is 36.4 Å². The quantitative estimate of drug-likeness (QED) is 0.166. The minimum atomic E-state index is -4.19. The summed E-state index contributed by atoms with van der Waals surface area (Å²) in [6.07, 6.45) is 5.11. The van der Waals surface area contributed by atoms with E-state index in [0.29, 0.717) is 26.9 Å². The number of para-hydroxylation sites is 1. The maximum absolute atomic E-state index is 14.7. The number of benzene rings is 4. The van der Waals surface area contributed by atoms with Crippen molar-refractivity contribution >= 4 is 50.7 Å². The predicted molar refractivity (Wildman–Crippen MR) is 188 cm³/mol. The van der Waals surface area contributed by atoms with Gasteiger partial charge < -0.3 is 10.2 Å². The molecule has 2 amide bonds. The van der Waals surface area contributed by atoms with Crippen LogP contribution in [0.3, 0.4) is 0 Å². The third-order valence-electron chi connectivity index (χ3n) is 8.61. The highest BCUT2D eigenvalue weighted by molar-refractivity contribution is 7.92. The van der Waals surface area contributed by atoms with Crippen LogP contribution in [-0.4, -0.2) is 43.8 Å². The molecule has 1 aliphatic carbocycles. The Labute approximate surface area is 287 Å². The number of hydrogen-bond donors (Lipinski definition) is 1. The lowest BCUT2D eigenvalue weighted by molar-refractivity contribution is -0.140. The zero-order chi connectivity index (χ0) is 33.4. The molecule has 47 heavy (non-hydrogen) atoms. The third kappa shape index (κ3) is 8.55. The molecule has 0 aliphatic heterocycles. The molecule has 0 bridgehead atoms. The Balaban J connectivity index is 1.59. The molecular weight excluding hydrogens is 653 g/mol. The molecule has 0 saturated heterocycles. The van der Waals surface area contributed by atoms with Crippen molar-refractivity contribution in [3.05, 3.63) is 130 Å². The summed E-state index contributed by atoms with van der Waals surface area (Å²) in [5, 5.41) is 3.89. The largest absolute Gasteiger partial charge is 0.352 e. The van der Waals surface area contributed by atoms with Crippen molar-refractivity contribution in [2.24, 2.45) is 0 Å². The molecule has 1 saturated carbocycles. The van der Waals surface area contributed by atoms with Crippen molar-refractivity contribution in [1.29, 1.82) is 0 Å². The van der Waals surface area contributed by atoms with Gasteiger partial charge in [-0.1, -0.05) is 115 Å². The average molecular weight is 693 g/mol. The number of halogens is 2. The molecule has 4 aromatic rings. The number of aryl methyl sites for hydroxylation is 1. The summed E-state index contributed by atoms with van der Waals surface area (Å²) in [4.78, 5) is 30.5. The van der Waals surface area contributed by atoms with Gasteiger partial charge in [-0.25, -0.2) is 8.42 Å². The lowest BCUT2D eigenvalue weighted by Crippen LogP contribution is -2.55. The van der Waals surface area contributed by atoms with Crippen LogP contribution in [-0.2, 0) is 32.6 Å². The number of hydrogen-bond acceptors (Lipinski definition) is 4. The zero-order valence-electron chi connectivity index (χ0n) is 26.3. The van der Waals surface area contributed by atoms with Gasteiger partial charge in [-0.15, -0.1) is 0 Å². The molecule has 0 unspecified atom stereocenters. The number of nitrogens with zero attached hydrogens (tertiary/aromatic N) is 2. The number of rotatable bonds is 12. The Bertz CT molecular complexity index is 1760. The smallest absolute Gasteiger partial charge is 0.264 e. The van der Waals surface area contributed by atoms with Gasteiger partial charge in [0.2, 0.25) is 11.8 Å². The highest BCUT2D eigenvalue weighted by atomic mass is 35.5. The Morgan fingerprint density at radius 3 is 2.04 bits per heavy atom. The summed E-state index contributed by atoms with van der Waals surface area (Å²) < 4.78 is 29.5. The zero-order valence-corrected chi connectivity index (χ0v) is 28.6. The summed E-state index contributed by atoms with van der Waals surface area (Å²) >= 11 is 13.2. The average Bonchev–Trinajstić information content (AvgIpc) is 3.08. The van der Waals surface area contributed by atoms with E-state index >= 15 is 0 Å². The second-order valence-electron chi connectivity index (χ2n) is 11.9. The second kappa shape index (κ2) is 15.8. The molecule has 1 N–H and O–H groups in total. The number of carbonyl (C=O) groups is 2. The van der Waals surface area contributed by atoms with Crippen LogP contribution < -0.4 is 9.62 Å². The van der Waals surface area contributed by atoms with Crippen LogP contribution in [0, 0.1) is 6.92 Å². The van der Waals surface area contributed by atoms with E-state index < -0.39 is 28.5 Å². The van der Waals surface area contributed by atoms with E-state index in [9.17, 15) is 18.0 Å². The summed E-state index contributed by atoms with van der Waals surface area (Å²) in [5.41, 5.74) is 2.37. The summed E-state index contributed by atoms with van der Waals surface area (Å²) in [6.45, 7) is 1.15. The maximum Gasteiger partial charge on any atom is 0.264 e. The van der Waals surface area contributed by atoms with E-state index in [1.165, 1.54) is 17.0 Å². The van der Waals surface area contributed by atoms with Gasteiger partial charge in [-0.05, 0) is 61.2 Å². The highest BCUT2D eigenvalue weighted by Gasteiger charge is 2.36. The molecule has 0 radical (unpaired) electrons. The first-order valence-electron chi connectivity index (χ1n) is 15.8. The normalized spacial score (nSPS) is 14.3. The van der Waals surface area contributed by atoms with Crippen LogP contribution in [0.4, 0.5) is 5.69 Å². The first-order valence-corrected chi connectivity index (χ1v) is 18.0. The van der Waals surface area contributed by atoms with Gasteiger partial charge >= 0.3 is 0 Å². The van der Waals surface area contributed by atoms with Crippen LogP contribution in [0.1, 0.15) is 48.8 Å². The van der Waals surface area contributed by atoms with E-state index in [-0.39, 0.29) is 29.8 Å². The molecule has 0 spiro atoms. The fraction of sp³-hybridized carbons (Fsp3) is 0.297. The van der Waals surface area contributed by atoms with Gasteiger partial charge in [0, 0.05) is 34.6 Å². The lowest BCUT2D eigenvalue weighted by atomic mass is 9.94. The predicted octanol–water partition coefficient (Wildman–Crippen LogP) is 7.59. The van der Waals surface area contributed by atoms with Crippen LogP contribution in [0.5, 0.6) is 0 Å². The SMILES string of the molecule is Cc1ccccc1N(CC(=O)N(Cc1c(Cl)cccc1Cl)[C@H](Cc1ccccc1)C(=O)NC1CCCCC1)S(=O)(=O)c1ccccc1. The van der Waals surface area contributed by atoms with Crippen LogP contribution in [0.25, 0.3) is 0 Å². The molecule has 10 heteroatoms. The van der Waals surface area contributed by atoms with Crippen LogP contribution in [0.2, 0.25) is 10.0 Å². The fourth-order valence-corrected chi connectivity index (χ4v) is 8.04. The Kier molecular flexibility index (Phi) is 11.6. The van der Waals surface area contributed by atoms with Crippen molar-refractivity contribution in [3.63, 3.8) is 0 Å². The second-order valence-corrected chi connectivity index (χ2v) is 14.6. The Hall–Kier alpha value is -3.85. The first-order chi connectivity index (χ1) is 22.6. The van der Waals surface area contributed by atoms with Crippen molar-refractivity contribution < 1.29 is 18.0 Å². The minimum absolute atomic E-state index is 0.00250. The number of nitrogens with one attached hydrogen (secondary N) is 1. The summed E-state index contributed by atoms with van der Waals surface area (Å²) in [7, 11) is -4.19. The van der Waals surface area contributed by atoms with E-state index in [2.05, 4.69) is 5.32 Å². The molecule has 5 rings (SSSR count). The van der Waals surface area contributed by atoms with Gasteiger partial charge in [-0.2, -0.15) is 0 Å². The van der Waals surface area contributed by atoms with Crippen molar-refractivity contribution in [3.8, 4) is 0 Å². The van der Waals surface area contributed by atoms with E-state index in [0.717, 1.165) is 42.0 Å². The van der Waals surface area contributed by atoms with Gasteiger partial charge in [0.1, 0.15) is 12.6 Å². The monoisotopic (exact) mass is 691 g/mol. The topological polar surface area (TPSA) is 86.8 Å². The summed E-state index contributed by atoms with van der Waals surface area (Å²) in [6, 6.07) is 28.6. The lowest BCUT2D eigenvalue weighted by Gasteiger charge is -2.35. The highest BCUT2D eigenvalue weighted by Crippen LogP contribution is 2.30. The van der Waals surface area contributed by atoms with Gasteiger partial charge in [0.05, 0.1) is 10.6 Å². The van der Waals surface area contributed by atoms with Gasteiger partial charge in [0.15, 0.2) is 0 Å². The Morgan fingerprint density at radius 1 is 0.809 bits per heavy atom. The van der Waals surface area contributed by atoms with E-state index in [1.54, 1.807) is 61.5 Å². The van der Waals surface area contributed by atoms with Crippen molar-refractivity contribution in [2.75, 3.05) is 10.8 Å². The van der Waals surface area contributed by atoms with Crippen LogP contribution >= 0.6 is 23.2 Å². The summed E-state index contributed by atoms with van der Waals surface area (Å²) in [5.74, 6) is -0.867. The first kappa shape index (κ1) is 34.5. The standard InChI is InChI=1S/C37H39Cl2N3O4S/c1-27-14-11-12-23-34(27)42(47(45,46)30-19-9-4-10-20-30)26-36(43)41(25-31-32(38)21-13-22-33(31)39)35(24-28-15-5-2-6-16-28)37(44)40-29-17-7-3-8-18-29/h2,4-6,9-16,19-23,29,35H,3,7-8,17-18,24-26H2,1H3,(H,40,44)/t35-/m1/s1. The van der Waals surface area contributed by atoms with Crippen LogP contribution in [0.15, 0.2) is 108 Å². The van der Waals surface area contributed by atoms with Crippen molar-refractivity contribution in [1.82, 2.24) is 10.2 Å². The molecular formula is C37H39Cl2N3O4S. The molecule has 1 fully saturated rings. The number of sulfonamides is 1. The molecule has 4 aromatic carbocycles. The van der Waals surface area contributed by atoms with Gasteiger partial charge in [0.25, 0.3) is 10.0 Å². The van der Waals surface area contributed by atoms with Crippen molar-refractivity contribution in [2.45, 2.75) is 69.0 Å². The number of amides is 2. The molecule has 1 atom stereocenters. The molecule has 1 aliphatic rings. The maximum atomic E-state index is 14.7. The third-order valence-corrected chi connectivity index (χ3v) is 11.1. The Morgan fingerprint density at radius 2 is 1.40 bits per heavy atom. The van der Waals surface area contributed by atoms with E-state index in [4.69, 9.17) is 23.2 Å².